The van der Waals surface area contributed by atoms with Crippen molar-refractivity contribution in [1.82, 2.24) is 0 Å². The number of carbonyl (C=O) groups is 2. The first kappa shape index (κ1) is 13.8. The molecule has 1 aromatic carbocycles. The zero-order valence-corrected chi connectivity index (χ0v) is 12.2. The molecule has 2 unspecified atom stereocenters. The van der Waals surface area contributed by atoms with Crippen LogP contribution >= 0.6 is 0 Å². The fourth-order valence-corrected chi connectivity index (χ4v) is 3.63. The second-order valence-corrected chi connectivity index (χ2v) is 6.29. The summed E-state index contributed by atoms with van der Waals surface area (Å²) < 4.78 is 0. The lowest BCUT2D eigenvalue weighted by atomic mass is 9.78. The highest BCUT2D eigenvalue weighted by Gasteiger charge is 2.52. The second-order valence-electron chi connectivity index (χ2n) is 6.29. The van der Waals surface area contributed by atoms with Crippen LogP contribution in [0.25, 0.3) is 5.57 Å². The molecular formula is C18H18O3. The highest BCUT2D eigenvalue weighted by molar-refractivity contribution is 6.02. The average Bonchev–Trinajstić information content (AvgIpc) is 2.89. The summed E-state index contributed by atoms with van der Waals surface area (Å²) in [6.45, 7) is 3.68. The summed E-state index contributed by atoms with van der Waals surface area (Å²) in [4.78, 5) is 23.4. The summed E-state index contributed by atoms with van der Waals surface area (Å²) in [5, 5.41) is 9.15. The molecule has 0 aromatic heterocycles. The van der Waals surface area contributed by atoms with E-state index < -0.39 is 5.97 Å². The van der Waals surface area contributed by atoms with Crippen LogP contribution in [0.5, 0.6) is 0 Å². The van der Waals surface area contributed by atoms with E-state index in [4.69, 9.17) is 5.11 Å². The first-order valence-corrected chi connectivity index (χ1v) is 7.17. The minimum atomic E-state index is -0.910. The number of hydrogen-bond acceptors (Lipinski definition) is 2. The summed E-state index contributed by atoms with van der Waals surface area (Å²) in [6.07, 6.45) is 3.08. The average molecular weight is 282 g/mol. The molecule has 1 saturated carbocycles. The number of carbonyl (C=O) groups excluding carboxylic acids is 1. The van der Waals surface area contributed by atoms with Gasteiger partial charge in [0.05, 0.1) is 0 Å². The molecule has 21 heavy (non-hydrogen) atoms. The van der Waals surface area contributed by atoms with E-state index in [2.05, 4.69) is 6.92 Å². The molecule has 0 saturated heterocycles. The number of ketones is 1. The van der Waals surface area contributed by atoms with Crippen molar-refractivity contribution in [2.24, 2.45) is 11.3 Å². The highest BCUT2D eigenvalue weighted by Crippen LogP contribution is 2.58. The van der Waals surface area contributed by atoms with Crippen LogP contribution in [0.15, 0.2) is 47.6 Å². The van der Waals surface area contributed by atoms with E-state index in [-0.39, 0.29) is 17.1 Å². The molecule has 1 N–H and O–H groups in total. The number of rotatable bonds is 3. The fraction of sp³-hybridized carbons (Fsp3) is 0.333. The Morgan fingerprint density at radius 1 is 1.33 bits per heavy atom. The molecule has 108 valence electrons. The predicted molar refractivity (Wildman–Crippen MR) is 80.6 cm³/mol. The quantitative estimate of drug-likeness (QED) is 0.864. The Hall–Kier alpha value is -2.16. The van der Waals surface area contributed by atoms with Crippen LogP contribution in [-0.4, -0.2) is 16.9 Å². The molecule has 3 rings (SSSR count). The lowest BCUT2D eigenvalue weighted by Crippen LogP contribution is -2.18. The van der Waals surface area contributed by atoms with Gasteiger partial charge in [-0.1, -0.05) is 37.3 Å². The third kappa shape index (κ3) is 2.13. The first-order chi connectivity index (χ1) is 9.92. The standard InChI is InChI=1S/C18H18O3/c1-11(17(20)21)8-14-16(12-6-4-3-5-7-12)13-9-18(14,2)10-15(13)19/h3-8,13H,9-10H2,1-2H3,(H,20,21)/b11-8+. The second kappa shape index (κ2) is 4.69. The maximum atomic E-state index is 12.2. The van der Waals surface area contributed by atoms with Gasteiger partial charge in [-0.25, -0.2) is 4.79 Å². The minimum Gasteiger partial charge on any atom is -0.478 e. The molecular weight excluding hydrogens is 264 g/mol. The lowest BCUT2D eigenvalue weighted by Gasteiger charge is -2.25. The molecule has 2 aliphatic rings. The predicted octanol–water partition coefficient (Wildman–Crippen LogP) is 3.47. The zero-order valence-electron chi connectivity index (χ0n) is 12.2. The Balaban J connectivity index is 2.20. The van der Waals surface area contributed by atoms with Crippen LogP contribution in [0, 0.1) is 11.3 Å². The van der Waals surface area contributed by atoms with Gasteiger partial charge >= 0.3 is 5.97 Å². The minimum absolute atomic E-state index is 0.0785. The van der Waals surface area contributed by atoms with Crippen molar-refractivity contribution in [2.45, 2.75) is 26.7 Å². The van der Waals surface area contributed by atoms with E-state index in [0.717, 1.165) is 23.1 Å². The third-order valence-corrected chi connectivity index (χ3v) is 4.68. The van der Waals surface area contributed by atoms with Crippen LogP contribution in [-0.2, 0) is 9.59 Å². The van der Waals surface area contributed by atoms with Crippen molar-refractivity contribution in [3.05, 3.63) is 53.1 Å². The molecule has 2 aliphatic carbocycles. The molecule has 0 radical (unpaired) electrons. The smallest absolute Gasteiger partial charge is 0.331 e. The number of carboxylic acid groups (broad SMARTS) is 1. The van der Waals surface area contributed by atoms with Gasteiger partial charge in [-0.15, -0.1) is 0 Å². The Bertz CT molecular complexity index is 682. The third-order valence-electron chi connectivity index (χ3n) is 4.68. The normalized spacial score (nSPS) is 28.4. The zero-order chi connectivity index (χ0) is 15.2. The number of fused-ring (bicyclic) bond motifs is 2. The van der Waals surface area contributed by atoms with Crippen molar-refractivity contribution in [3.63, 3.8) is 0 Å². The maximum absolute atomic E-state index is 12.2. The summed E-state index contributed by atoms with van der Waals surface area (Å²) in [5.74, 6) is -0.709. The van der Waals surface area contributed by atoms with Crippen LogP contribution < -0.4 is 0 Å². The Morgan fingerprint density at radius 3 is 2.62 bits per heavy atom. The number of hydrogen-bond donors (Lipinski definition) is 1. The molecule has 3 heteroatoms. The summed E-state index contributed by atoms with van der Waals surface area (Å²) >= 11 is 0. The van der Waals surface area contributed by atoms with Crippen molar-refractivity contribution in [1.29, 1.82) is 0 Å². The molecule has 0 amide bonds. The first-order valence-electron chi connectivity index (χ1n) is 7.17. The monoisotopic (exact) mass is 282 g/mol. The Kier molecular flexibility index (Phi) is 3.08. The van der Waals surface area contributed by atoms with Gasteiger partial charge in [0, 0.05) is 23.3 Å². The van der Waals surface area contributed by atoms with E-state index >= 15 is 0 Å². The Morgan fingerprint density at radius 2 is 2.00 bits per heavy atom. The molecule has 0 aliphatic heterocycles. The van der Waals surface area contributed by atoms with Gasteiger partial charge in [0.2, 0.25) is 0 Å². The molecule has 0 spiro atoms. The topological polar surface area (TPSA) is 54.4 Å². The molecule has 2 bridgehead atoms. The maximum Gasteiger partial charge on any atom is 0.331 e. The fourth-order valence-electron chi connectivity index (χ4n) is 3.63. The van der Waals surface area contributed by atoms with E-state index in [9.17, 15) is 9.59 Å². The van der Waals surface area contributed by atoms with Gasteiger partial charge in [0.25, 0.3) is 0 Å². The Labute approximate surface area is 124 Å². The number of Topliss-reactive ketones (excluding diaryl/α,β-unsaturated/α-hetero) is 1. The highest BCUT2D eigenvalue weighted by atomic mass is 16.4. The largest absolute Gasteiger partial charge is 0.478 e. The van der Waals surface area contributed by atoms with Crippen LogP contribution in [0.3, 0.4) is 0 Å². The molecule has 1 aromatic rings. The SMILES string of the molecule is C/C(=C\C1=C(c2ccccc2)C2CC1(C)CC2=O)C(=O)O. The molecule has 0 heterocycles. The van der Waals surface area contributed by atoms with E-state index in [1.54, 1.807) is 13.0 Å². The lowest BCUT2D eigenvalue weighted by molar-refractivity contribution is -0.132. The van der Waals surface area contributed by atoms with Gasteiger partial charge in [-0.05, 0) is 36.1 Å². The van der Waals surface area contributed by atoms with Crippen LogP contribution in [0.2, 0.25) is 0 Å². The number of carboxylic acids is 1. The van der Waals surface area contributed by atoms with Crippen molar-refractivity contribution >= 4 is 17.3 Å². The van der Waals surface area contributed by atoms with E-state index in [0.29, 0.717) is 12.0 Å². The van der Waals surface area contributed by atoms with Gasteiger partial charge in [0.15, 0.2) is 0 Å². The van der Waals surface area contributed by atoms with Crippen molar-refractivity contribution < 1.29 is 14.7 Å². The number of aliphatic carboxylic acids is 1. The van der Waals surface area contributed by atoms with Crippen molar-refractivity contribution in [2.75, 3.05) is 0 Å². The molecule has 2 atom stereocenters. The molecule has 1 fully saturated rings. The summed E-state index contributed by atoms with van der Waals surface area (Å²) in [6, 6.07) is 9.84. The van der Waals surface area contributed by atoms with Gasteiger partial charge in [-0.2, -0.15) is 0 Å². The number of benzene rings is 1. The summed E-state index contributed by atoms with van der Waals surface area (Å²) in [7, 11) is 0. The van der Waals surface area contributed by atoms with Gasteiger partial charge in [-0.3, -0.25) is 4.79 Å². The molecule has 3 nitrogen and oxygen atoms in total. The summed E-state index contributed by atoms with van der Waals surface area (Å²) in [5.41, 5.74) is 3.18. The number of allylic oxidation sites excluding steroid dienone is 3. The van der Waals surface area contributed by atoms with Crippen LogP contribution in [0.4, 0.5) is 0 Å². The van der Waals surface area contributed by atoms with Gasteiger partial charge in [0.1, 0.15) is 5.78 Å². The van der Waals surface area contributed by atoms with Gasteiger partial charge < -0.3 is 5.11 Å². The van der Waals surface area contributed by atoms with E-state index in [1.165, 1.54) is 0 Å². The van der Waals surface area contributed by atoms with Crippen molar-refractivity contribution in [3.8, 4) is 0 Å². The van der Waals surface area contributed by atoms with E-state index in [1.807, 2.05) is 30.3 Å². The van der Waals surface area contributed by atoms with Crippen LogP contribution in [0.1, 0.15) is 32.3 Å².